The molecule has 2 heteroatoms. The predicted molar refractivity (Wildman–Crippen MR) is 80.7 cm³/mol. The molecular formula is C17H21NO. The molecule has 0 fully saturated rings. The van der Waals surface area contributed by atoms with Crippen LogP contribution in [0.2, 0.25) is 0 Å². The summed E-state index contributed by atoms with van der Waals surface area (Å²) in [4.78, 5) is 0. The summed E-state index contributed by atoms with van der Waals surface area (Å²) >= 11 is 0. The van der Waals surface area contributed by atoms with Crippen LogP contribution < -0.4 is 5.32 Å². The molecule has 0 saturated carbocycles. The lowest BCUT2D eigenvalue weighted by atomic mass is 10.0. The highest BCUT2D eigenvalue weighted by atomic mass is 16.3. The fraction of sp³-hybridized carbons (Fsp3) is 0.294. The van der Waals surface area contributed by atoms with E-state index in [2.05, 4.69) is 50.4 Å². The third-order valence-electron chi connectivity index (χ3n) is 3.35. The van der Waals surface area contributed by atoms with Crippen LogP contribution in [0.4, 0.5) is 5.69 Å². The maximum Gasteiger partial charge on any atom is 0.115 e. The average Bonchev–Trinajstić information content (AvgIpc) is 2.40. The third-order valence-corrected chi connectivity index (χ3v) is 3.35. The molecule has 0 aliphatic carbocycles. The average molecular weight is 255 g/mol. The van der Waals surface area contributed by atoms with Gasteiger partial charge in [-0.3, -0.25) is 0 Å². The van der Waals surface area contributed by atoms with Crippen molar-refractivity contribution in [2.75, 3.05) is 5.32 Å². The largest absolute Gasteiger partial charge is 0.508 e. The first-order chi connectivity index (χ1) is 9.06. The fourth-order valence-electron chi connectivity index (χ4n) is 2.06. The molecule has 100 valence electrons. The van der Waals surface area contributed by atoms with Crippen molar-refractivity contribution in [1.82, 2.24) is 0 Å². The third kappa shape index (κ3) is 3.50. The van der Waals surface area contributed by atoms with Gasteiger partial charge in [-0.05, 0) is 48.2 Å². The Bertz CT molecular complexity index is 514. The molecule has 1 atom stereocenters. The molecule has 0 aliphatic heterocycles. The Hall–Kier alpha value is -1.96. The lowest BCUT2D eigenvalue weighted by Crippen LogP contribution is -2.06. The van der Waals surface area contributed by atoms with Crippen molar-refractivity contribution in [2.45, 2.75) is 32.7 Å². The van der Waals surface area contributed by atoms with Crippen LogP contribution in [0.15, 0.2) is 48.5 Å². The fourth-order valence-corrected chi connectivity index (χ4v) is 2.06. The Morgan fingerprint density at radius 2 is 1.32 bits per heavy atom. The number of phenols is 1. The maximum absolute atomic E-state index is 9.29. The van der Waals surface area contributed by atoms with Gasteiger partial charge in [0.25, 0.3) is 0 Å². The van der Waals surface area contributed by atoms with Gasteiger partial charge >= 0.3 is 0 Å². The molecule has 0 bridgehead atoms. The number of hydrogen-bond donors (Lipinski definition) is 2. The lowest BCUT2D eigenvalue weighted by Gasteiger charge is -2.16. The highest BCUT2D eigenvalue weighted by Gasteiger charge is 2.05. The topological polar surface area (TPSA) is 32.3 Å². The van der Waals surface area contributed by atoms with E-state index in [0.29, 0.717) is 11.7 Å². The summed E-state index contributed by atoms with van der Waals surface area (Å²) in [5.74, 6) is 0.862. The van der Waals surface area contributed by atoms with Gasteiger partial charge in [0.1, 0.15) is 5.75 Å². The number of phenolic OH excluding ortho intramolecular Hbond substituents is 1. The van der Waals surface area contributed by atoms with Crippen molar-refractivity contribution in [3.05, 3.63) is 59.7 Å². The van der Waals surface area contributed by atoms with Crippen molar-refractivity contribution in [3.8, 4) is 5.75 Å². The number of rotatable bonds is 4. The molecule has 0 saturated heterocycles. The zero-order valence-electron chi connectivity index (χ0n) is 11.7. The van der Waals surface area contributed by atoms with Gasteiger partial charge in [0.15, 0.2) is 0 Å². The van der Waals surface area contributed by atoms with Gasteiger partial charge in [0.2, 0.25) is 0 Å². The number of nitrogens with one attached hydrogen (secondary N) is 1. The van der Waals surface area contributed by atoms with Crippen molar-refractivity contribution < 1.29 is 5.11 Å². The summed E-state index contributed by atoms with van der Waals surface area (Å²) in [5.41, 5.74) is 3.62. The molecule has 0 radical (unpaired) electrons. The summed E-state index contributed by atoms with van der Waals surface area (Å²) in [6, 6.07) is 16.1. The minimum Gasteiger partial charge on any atom is -0.508 e. The first kappa shape index (κ1) is 13.5. The standard InChI is InChI=1S/C17H21NO/c1-12(2)14-4-8-16(9-5-14)18-13(3)15-6-10-17(19)11-7-15/h4-13,18-19H,1-3H3. The van der Waals surface area contributed by atoms with Gasteiger partial charge in [-0.1, -0.05) is 38.1 Å². The Morgan fingerprint density at radius 1 is 0.789 bits per heavy atom. The van der Waals surface area contributed by atoms with Gasteiger partial charge in [-0.2, -0.15) is 0 Å². The Morgan fingerprint density at radius 3 is 1.84 bits per heavy atom. The highest BCUT2D eigenvalue weighted by Crippen LogP contribution is 2.23. The maximum atomic E-state index is 9.29. The molecule has 0 aliphatic rings. The lowest BCUT2D eigenvalue weighted by molar-refractivity contribution is 0.475. The van der Waals surface area contributed by atoms with E-state index in [9.17, 15) is 5.11 Å². The summed E-state index contributed by atoms with van der Waals surface area (Å²) in [7, 11) is 0. The molecule has 2 aromatic carbocycles. The van der Waals surface area contributed by atoms with Gasteiger partial charge in [0, 0.05) is 11.7 Å². The zero-order chi connectivity index (χ0) is 13.8. The van der Waals surface area contributed by atoms with Crippen LogP contribution in [0.25, 0.3) is 0 Å². The smallest absolute Gasteiger partial charge is 0.115 e. The van der Waals surface area contributed by atoms with Gasteiger partial charge in [0.05, 0.1) is 0 Å². The van der Waals surface area contributed by atoms with Crippen LogP contribution in [0.5, 0.6) is 5.75 Å². The van der Waals surface area contributed by atoms with Crippen LogP contribution in [-0.2, 0) is 0 Å². The molecular weight excluding hydrogens is 234 g/mol. The molecule has 2 rings (SSSR count). The SMILES string of the molecule is CC(C)c1ccc(NC(C)c2ccc(O)cc2)cc1. The quantitative estimate of drug-likeness (QED) is 0.830. The van der Waals surface area contributed by atoms with E-state index in [1.165, 1.54) is 5.56 Å². The highest BCUT2D eigenvalue weighted by molar-refractivity contribution is 5.47. The van der Waals surface area contributed by atoms with E-state index in [1.54, 1.807) is 12.1 Å². The molecule has 2 aromatic rings. The number of benzene rings is 2. The Labute approximate surface area is 115 Å². The van der Waals surface area contributed by atoms with Crippen molar-refractivity contribution in [2.24, 2.45) is 0 Å². The van der Waals surface area contributed by atoms with Crippen LogP contribution in [0.3, 0.4) is 0 Å². The summed E-state index contributed by atoms with van der Waals surface area (Å²) < 4.78 is 0. The van der Waals surface area contributed by atoms with E-state index in [0.717, 1.165) is 11.3 Å². The summed E-state index contributed by atoms with van der Waals surface area (Å²) in [6.07, 6.45) is 0. The van der Waals surface area contributed by atoms with E-state index in [1.807, 2.05) is 12.1 Å². The second-order valence-corrected chi connectivity index (χ2v) is 5.23. The predicted octanol–water partition coefficient (Wildman–Crippen LogP) is 4.69. The minimum absolute atomic E-state index is 0.213. The number of anilines is 1. The van der Waals surface area contributed by atoms with E-state index in [4.69, 9.17) is 0 Å². The minimum atomic E-state index is 0.213. The number of aromatic hydroxyl groups is 1. The van der Waals surface area contributed by atoms with Crippen LogP contribution >= 0.6 is 0 Å². The van der Waals surface area contributed by atoms with Crippen LogP contribution in [0.1, 0.15) is 43.9 Å². The van der Waals surface area contributed by atoms with Gasteiger partial charge in [-0.25, -0.2) is 0 Å². The van der Waals surface area contributed by atoms with E-state index in [-0.39, 0.29) is 6.04 Å². The first-order valence-electron chi connectivity index (χ1n) is 6.71. The van der Waals surface area contributed by atoms with Gasteiger partial charge in [-0.15, -0.1) is 0 Å². The summed E-state index contributed by atoms with van der Waals surface area (Å²) in [5, 5.41) is 12.8. The van der Waals surface area contributed by atoms with Crippen molar-refractivity contribution in [3.63, 3.8) is 0 Å². The first-order valence-corrected chi connectivity index (χ1v) is 6.71. The van der Waals surface area contributed by atoms with Crippen LogP contribution in [-0.4, -0.2) is 5.11 Å². The van der Waals surface area contributed by atoms with Crippen molar-refractivity contribution >= 4 is 5.69 Å². The molecule has 2 nitrogen and oxygen atoms in total. The Kier molecular flexibility index (Phi) is 4.10. The number of hydrogen-bond acceptors (Lipinski definition) is 2. The molecule has 1 unspecified atom stereocenters. The van der Waals surface area contributed by atoms with E-state index >= 15 is 0 Å². The second-order valence-electron chi connectivity index (χ2n) is 5.23. The molecule has 19 heavy (non-hydrogen) atoms. The molecule has 0 spiro atoms. The molecule has 0 heterocycles. The normalized spacial score (nSPS) is 12.4. The molecule has 0 aromatic heterocycles. The van der Waals surface area contributed by atoms with E-state index < -0.39 is 0 Å². The van der Waals surface area contributed by atoms with Gasteiger partial charge < -0.3 is 10.4 Å². The monoisotopic (exact) mass is 255 g/mol. The second kappa shape index (κ2) is 5.79. The molecule has 0 amide bonds. The molecule has 2 N–H and O–H groups in total. The zero-order valence-corrected chi connectivity index (χ0v) is 11.7. The Balaban J connectivity index is 2.06. The van der Waals surface area contributed by atoms with Crippen molar-refractivity contribution in [1.29, 1.82) is 0 Å². The summed E-state index contributed by atoms with van der Waals surface area (Å²) in [6.45, 7) is 6.51. The van der Waals surface area contributed by atoms with Crippen LogP contribution in [0, 0.1) is 0 Å².